The maximum atomic E-state index is 4.49. The third kappa shape index (κ3) is 2.54. The lowest BCUT2D eigenvalue weighted by Crippen LogP contribution is -2.48. The number of pyridine rings is 1. The first kappa shape index (κ1) is 15.1. The molecule has 2 aliphatic heterocycles. The van der Waals surface area contributed by atoms with Crippen LogP contribution >= 0.6 is 0 Å². The summed E-state index contributed by atoms with van der Waals surface area (Å²) in [6.45, 7) is 2.73. The normalized spacial score (nSPS) is 20.6. The van der Waals surface area contributed by atoms with Gasteiger partial charge in [0.2, 0.25) is 5.95 Å². The van der Waals surface area contributed by atoms with Crippen LogP contribution in [0.5, 0.6) is 0 Å². The molecule has 0 bridgehead atoms. The molecular weight excluding hydrogens is 328 g/mol. The molecule has 0 spiro atoms. The van der Waals surface area contributed by atoms with Crippen molar-refractivity contribution in [1.82, 2.24) is 29.7 Å². The molecule has 1 saturated heterocycles. The standard InChI is InChI=1S/C18H20N8/c1-2-8-26-16(5-1)15(10-22-26)17-11-19-6-9-25(17)14-4-3-7-24(12-14)18-20-13-21-23-18/h1-2,5-6,8,10-11,13-14H,3-4,7,9,12H2,(H,20,21,23)/t14-/m1/s1. The Labute approximate surface area is 150 Å². The molecule has 8 nitrogen and oxygen atoms in total. The number of anilines is 1. The number of nitrogens with one attached hydrogen (secondary N) is 1. The summed E-state index contributed by atoms with van der Waals surface area (Å²) in [5, 5.41) is 11.5. The summed E-state index contributed by atoms with van der Waals surface area (Å²) < 4.78 is 1.91. The van der Waals surface area contributed by atoms with Gasteiger partial charge < -0.3 is 9.80 Å². The Balaban J connectivity index is 1.46. The van der Waals surface area contributed by atoms with Crippen LogP contribution in [0.2, 0.25) is 0 Å². The van der Waals surface area contributed by atoms with Crippen LogP contribution in [-0.2, 0) is 0 Å². The van der Waals surface area contributed by atoms with E-state index >= 15 is 0 Å². The molecule has 0 radical (unpaired) electrons. The van der Waals surface area contributed by atoms with E-state index in [1.54, 1.807) is 6.33 Å². The van der Waals surface area contributed by atoms with Crippen LogP contribution in [0, 0.1) is 0 Å². The zero-order chi connectivity index (χ0) is 17.3. The Morgan fingerprint density at radius 3 is 3.15 bits per heavy atom. The number of aromatic amines is 1. The van der Waals surface area contributed by atoms with Crippen LogP contribution in [0.25, 0.3) is 11.2 Å². The topological polar surface area (TPSA) is 77.7 Å². The number of aromatic nitrogens is 5. The van der Waals surface area contributed by atoms with Crippen molar-refractivity contribution in [2.45, 2.75) is 18.9 Å². The fourth-order valence-corrected chi connectivity index (χ4v) is 3.89. The van der Waals surface area contributed by atoms with Gasteiger partial charge in [-0.2, -0.15) is 15.2 Å². The molecule has 0 unspecified atom stereocenters. The molecular formula is C18H20N8. The van der Waals surface area contributed by atoms with Crippen molar-refractivity contribution in [2.75, 3.05) is 24.5 Å². The lowest BCUT2D eigenvalue weighted by molar-refractivity contribution is 0.283. The van der Waals surface area contributed by atoms with Gasteiger partial charge in [0, 0.05) is 37.1 Å². The Morgan fingerprint density at radius 2 is 2.23 bits per heavy atom. The number of nitrogens with zero attached hydrogens (tertiary/aromatic N) is 7. The fraction of sp³-hybridized carbons (Fsp3) is 0.333. The number of hydrogen-bond donors (Lipinski definition) is 1. The minimum atomic E-state index is 0.394. The summed E-state index contributed by atoms with van der Waals surface area (Å²) in [6.07, 6.45) is 11.7. The number of piperidine rings is 1. The quantitative estimate of drug-likeness (QED) is 0.781. The Bertz CT molecular complexity index is 955. The zero-order valence-electron chi connectivity index (χ0n) is 14.4. The Morgan fingerprint density at radius 1 is 1.23 bits per heavy atom. The highest BCUT2D eigenvalue weighted by atomic mass is 15.4. The number of hydrogen-bond acceptors (Lipinski definition) is 6. The van der Waals surface area contributed by atoms with E-state index in [-0.39, 0.29) is 0 Å². The van der Waals surface area contributed by atoms with Crippen LogP contribution in [0.1, 0.15) is 18.4 Å². The van der Waals surface area contributed by atoms with Gasteiger partial charge in [-0.15, -0.1) is 0 Å². The average molecular weight is 348 g/mol. The summed E-state index contributed by atoms with van der Waals surface area (Å²) in [7, 11) is 0. The van der Waals surface area contributed by atoms with E-state index in [0.29, 0.717) is 6.04 Å². The Hall–Kier alpha value is -3.16. The molecule has 1 fully saturated rings. The molecule has 0 aromatic carbocycles. The van der Waals surface area contributed by atoms with E-state index in [4.69, 9.17) is 0 Å². The van der Waals surface area contributed by atoms with Gasteiger partial charge in [0.1, 0.15) is 6.33 Å². The van der Waals surface area contributed by atoms with Crippen molar-refractivity contribution >= 4 is 23.4 Å². The molecule has 0 saturated carbocycles. The van der Waals surface area contributed by atoms with E-state index in [0.717, 1.165) is 55.2 Å². The summed E-state index contributed by atoms with van der Waals surface area (Å²) in [5.74, 6) is 0.849. The van der Waals surface area contributed by atoms with Crippen LogP contribution in [0.15, 0.2) is 48.1 Å². The molecule has 1 N–H and O–H groups in total. The lowest BCUT2D eigenvalue weighted by Gasteiger charge is -2.41. The van der Waals surface area contributed by atoms with Crippen LogP contribution in [0.3, 0.4) is 0 Å². The van der Waals surface area contributed by atoms with Crippen LogP contribution in [-0.4, -0.2) is 61.6 Å². The van der Waals surface area contributed by atoms with Gasteiger partial charge in [0.15, 0.2) is 0 Å². The maximum absolute atomic E-state index is 4.49. The van der Waals surface area contributed by atoms with Crippen molar-refractivity contribution < 1.29 is 0 Å². The van der Waals surface area contributed by atoms with Crippen molar-refractivity contribution in [3.8, 4) is 0 Å². The minimum Gasteiger partial charge on any atom is -0.360 e. The summed E-state index contributed by atoms with van der Waals surface area (Å²) in [6, 6.07) is 6.53. The van der Waals surface area contributed by atoms with Gasteiger partial charge in [-0.05, 0) is 25.0 Å². The van der Waals surface area contributed by atoms with Crippen molar-refractivity contribution in [1.29, 1.82) is 0 Å². The second kappa shape index (κ2) is 6.29. The third-order valence-electron chi connectivity index (χ3n) is 5.13. The molecule has 3 aromatic rings. The first-order valence-electron chi connectivity index (χ1n) is 8.91. The lowest BCUT2D eigenvalue weighted by atomic mass is 10.0. The van der Waals surface area contributed by atoms with Gasteiger partial charge in [0.25, 0.3) is 0 Å². The van der Waals surface area contributed by atoms with Gasteiger partial charge >= 0.3 is 0 Å². The first-order chi connectivity index (χ1) is 12.9. The van der Waals surface area contributed by atoms with E-state index in [2.05, 4.69) is 41.1 Å². The summed E-state index contributed by atoms with van der Waals surface area (Å²) in [5.41, 5.74) is 3.36. The molecule has 1 atom stereocenters. The molecule has 2 aliphatic rings. The fourth-order valence-electron chi connectivity index (χ4n) is 3.89. The highest BCUT2D eigenvalue weighted by Gasteiger charge is 2.29. The highest BCUT2D eigenvalue weighted by Crippen LogP contribution is 2.30. The predicted octanol–water partition coefficient (Wildman–Crippen LogP) is 1.81. The van der Waals surface area contributed by atoms with E-state index in [1.165, 1.54) is 0 Å². The molecule has 8 heteroatoms. The Kier molecular flexibility index (Phi) is 3.66. The maximum Gasteiger partial charge on any atom is 0.221 e. The third-order valence-corrected chi connectivity index (χ3v) is 5.13. The number of fused-ring (bicyclic) bond motifs is 1. The van der Waals surface area contributed by atoms with Crippen molar-refractivity contribution in [3.63, 3.8) is 0 Å². The molecule has 132 valence electrons. The molecule has 5 heterocycles. The predicted molar refractivity (Wildman–Crippen MR) is 100.0 cm³/mol. The largest absolute Gasteiger partial charge is 0.360 e. The molecule has 0 aliphatic carbocycles. The van der Waals surface area contributed by atoms with E-state index < -0.39 is 0 Å². The molecule has 26 heavy (non-hydrogen) atoms. The SMILES string of the molecule is C1=NC=C(c2cnn3ccccc23)N([C@@H]2CCCN(c3ncn[nH]3)C2)C1. The minimum absolute atomic E-state index is 0.394. The van der Waals surface area contributed by atoms with E-state index in [9.17, 15) is 0 Å². The molecule has 0 amide bonds. The highest BCUT2D eigenvalue weighted by molar-refractivity contribution is 5.81. The number of rotatable bonds is 3. The number of aliphatic imine (C=N–C) groups is 1. The van der Waals surface area contributed by atoms with Crippen molar-refractivity contribution in [3.05, 3.63) is 48.7 Å². The monoisotopic (exact) mass is 348 g/mol. The second-order valence-corrected chi connectivity index (χ2v) is 6.64. The first-order valence-corrected chi connectivity index (χ1v) is 8.91. The van der Waals surface area contributed by atoms with Gasteiger partial charge in [-0.25, -0.2) is 9.61 Å². The molecule has 3 aromatic heterocycles. The smallest absolute Gasteiger partial charge is 0.221 e. The zero-order valence-corrected chi connectivity index (χ0v) is 14.4. The number of H-pyrrole nitrogens is 1. The summed E-state index contributed by atoms with van der Waals surface area (Å²) >= 11 is 0. The average Bonchev–Trinajstić information content (AvgIpc) is 3.38. The van der Waals surface area contributed by atoms with Crippen LogP contribution < -0.4 is 4.90 Å². The second-order valence-electron chi connectivity index (χ2n) is 6.64. The van der Waals surface area contributed by atoms with Gasteiger partial charge in [-0.1, -0.05) is 6.07 Å². The van der Waals surface area contributed by atoms with Crippen LogP contribution in [0.4, 0.5) is 5.95 Å². The van der Waals surface area contributed by atoms with Gasteiger partial charge in [-0.3, -0.25) is 4.99 Å². The molecule has 5 rings (SSSR count). The summed E-state index contributed by atoms with van der Waals surface area (Å²) in [4.78, 5) is 13.5. The van der Waals surface area contributed by atoms with Crippen molar-refractivity contribution in [2.24, 2.45) is 4.99 Å². The van der Waals surface area contributed by atoms with E-state index in [1.807, 2.05) is 41.5 Å². The van der Waals surface area contributed by atoms with Gasteiger partial charge in [0.05, 0.1) is 30.2 Å².